The highest BCUT2D eigenvalue weighted by Gasteiger charge is 2.17. The van der Waals surface area contributed by atoms with E-state index in [1.54, 1.807) is 24.3 Å². The van der Waals surface area contributed by atoms with Crippen molar-refractivity contribution in [1.82, 2.24) is 5.43 Å². The van der Waals surface area contributed by atoms with Crippen LogP contribution in [0.25, 0.3) is 20.9 Å². The van der Waals surface area contributed by atoms with Gasteiger partial charge in [-0.15, -0.1) is 11.3 Å². The van der Waals surface area contributed by atoms with Gasteiger partial charge in [-0.3, -0.25) is 4.79 Å². The number of rotatable bonds is 3. The van der Waals surface area contributed by atoms with E-state index in [0.29, 0.717) is 20.5 Å². The standard InChI is InChI=1S/C20H12Cl2N2O2S/c21-12-6-7-14-17(9-12)27-19(18(14)22)20(26)24-23-10-15-13-4-2-1-3-11(13)5-8-16(15)25/h1-10,25H,(H,24,26)/b23-10+. The lowest BCUT2D eigenvalue weighted by Gasteiger charge is -2.04. The summed E-state index contributed by atoms with van der Waals surface area (Å²) in [5.41, 5.74) is 3.00. The van der Waals surface area contributed by atoms with Crippen LogP contribution in [0.4, 0.5) is 0 Å². The van der Waals surface area contributed by atoms with E-state index in [1.165, 1.54) is 17.6 Å². The molecule has 0 unspecified atom stereocenters. The van der Waals surface area contributed by atoms with Gasteiger partial charge in [-0.1, -0.05) is 59.6 Å². The van der Waals surface area contributed by atoms with Gasteiger partial charge >= 0.3 is 0 Å². The molecular weight excluding hydrogens is 403 g/mol. The first-order valence-electron chi connectivity index (χ1n) is 7.96. The summed E-state index contributed by atoms with van der Waals surface area (Å²) in [6.07, 6.45) is 1.42. The number of phenols is 1. The van der Waals surface area contributed by atoms with Crippen LogP contribution >= 0.6 is 34.5 Å². The van der Waals surface area contributed by atoms with Crippen LogP contribution in [0.2, 0.25) is 10.0 Å². The number of halogens is 2. The largest absolute Gasteiger partial charge is 0.507 e. The molecule has 134 valence electrons. The van der Waals surface area contributed by atoms with Crippen molar-refractivity contribution in [3.05, 3.63) is 75.1 Å². The number of carbonyl (C=O) groups excluding carboxylic acids is 1. The molecule has 3 aromatic carbocycles. The van der Waals surface area contributed by atoms with Gasteiger partial charge in [0.05, 0.1) is 11.2 Å². The topological polar surface area (TPSA) is 61.7 Å². The normalized spacial score (nSPS) is 11.5. The van der Waals surface area contributed by atoms with Gasteiger partial charge in [0.2, 0.25) is 0 Å². The number of benzene rings is 3. The number of amides is 1. The van der Waals surface area contributed by atoms with E-state index >= 15 is 0 Å². The van der Waals surface area contributed by atoms with Gasteiger partial charge in [-0.25, -0.2) is 5.43 Å². The second-order valence-electron chi connectivity index (χ2n) is 5.80. The molecule has 0 aliphatic heterocycles. The molecule has 0 aliphatic rings. The lowest BCUT2D eigenvalue weighted by molar-refractivity contribution is 0.0959. The van der Waals surface area contributed by atoms with Gasteiger partial charge in [-0.05, 0) is 29.0 Å². The predicted octanol–water partition coefficient (Wildman–Crippen LogP) is 5.83. The molecule has 0 saturated carbocycles. The summed E-state index contributed by atoms with van der Waals surface area (Å²) in [6, 6.07) is 16.3. The molecule has 4 nitrogen and oxygen atoms in total. The third-order valence-electron chi connectivity index (χ3n) is 4.11. The number of hydrogen-bond acceptors (Lipinski definition) is 4. The van der Waals surface area contributed by atoms with Crippen molar-refractivity contribution in [2.45, 2.75) is 0 Å². The number of fused-ring (bicyclic) bond motifs is 2. The highest BCUT2D eigenvalue weighted by molar-refractivity contribution is 7.21. The number of nitrogens with zero attached hydrogens (tertiary/aromatic N) is 1. The molecule has 7 heteroatoms. The molecular formula is C20H12Cl2N2O2S. The van der Waals surface area contributed by atoms with Gasteiger partial charge in [-0.2, -0.15) is 5.10 Å². The first kappa shape index (κ1) is 17.8. The smallest absolute Gasteiger partial charge is 0.283 e. The molecule has 0 saturated heterocycles. The number of nitrogens with one attached hydrogen (secondary N) is 1. The molecule has 0 fully saturated rings. The summed E-state index contributed by atoms with van der Waals surface area (Å²) in [6.45, 7) is 0. The number of phenolic OH excluding ortho intramolecular Hbond substituents is 1. The maximum absolute atomic E-state index is 12.5. The molecule has 0 spiro atoms. The van der Waals surface area contributed by atoms with Crippen molar-refractivity contribution in [2.75, 3.05) is 0 Å². The third kappa shape index (κ3) is 3.37. The van der Waals surface area contributed by atoms with Gasteiger partial charge in [0, 0.05) is 20.7 Å². The van der Waals surface area contributed by atoms with Crippen LogP contribution in [-0.2, 0) is 0 Å². The Morgan fingerprint density at radius 2 is 1.89 bits per heavy atom. The fraction of sp³-hybridized carbons (Fsp3) is 0. The van der Waals surface area contributed by atoms with E-state index in [-0.39, 0.29) is 5.75 Å². The Balaban J connectivity index is 1.62. The van der Waals surface area contributed by atoms with Crippen LogP contribution in [0.1, 0.15) is 15.2 Å². The van der Waals surface area contributed by atoms with E-state index in [9.17, 15) is 9.90 Å². The fourth-order valence-electron chi connectivity index (χ4n) is 2.81. The van der Waals surface area contributed by atoms with Crippen LogP contribution < -0.4 is 5.43 Å². The first-order chi connectivity index (χ1) is 13.0. The minimum absolute atomic E-state index is 0.0845. The molecule has 0 bridgehead atoms. The molecule has 1 aromatic heterocycles. The molecule has 1 amide bonds. The lowest BCUT2D eigenvalue weighted by atomic mass is 10.0. The van der Waals surface area contributed by atoms with E-state index in [4.69, 9.17) is 23.2 Å². The van der Waals surface area contributed by atoms with E-state index in [0.717, 1.165) is 20.9 Å². The summed E-state index contributed by atoms with van der Waals surface area (Å²) < 4.78 is 0.827. The van der Waals surface area contributed by atoms with Crippen molar-refractivity contribution in [2.24, 2.45) is 5.10 Å². The Morgan fingerprint density at radius 3 is 2.74 bits per heavy atom. The van der Waals surface area contributed by atoms with Gasteiger partial charge in [0.25, 0.3) is 5.91 Å². The Hall–Kier alpha value is -2.60. The SMILES string of the molecule is O=C(N/N=C/c1c(O)ccc2ccccc12)c1sc2cc(Cl)ccc2c1Cl. The predicted molar refractivity (Wildman–Crippen MR) is 113 cm³/mol. The highest BCUT2D eigenvalue weighted by Crippen LogP contribution is 2.36. The van der Waals surface area contributed by atoms with E-state index in [1.807, 2.05) is 30.3 Å². The van der Waals surface area contributed by atoms with Crippen LogP contribution in [0.5, 0.6) is 5.75 Å². The molecule has 0 radical (unpaired) electrons. The van der Waals surface area contributed by atoms with Gasteiger partial charge in [0.1, 0.15) is 10.6 Å². The number of carbonyl (C=O) groups is 1. The molecule has 0 atom stereocenters. The molecule has 4 rings (SSSR count). The zero-order valence-electron chi connectivity index (χ0n) is 13.7. The third-order valence-corrected chi connectivity index (χ3v) is 6.00. The summed E-state index contributed by atoms with van der Waals surface area (Å²) >= 11 is 13.6. The van der Waals surface area contributed by atoms with Crippen LogP contribution in [0.3, 0.4) is 0 Å². The van der Waals surface area contributed by atoms with Crippen molar-refractivity contribution in [3.8, 4) is 5.75 Å². The van der Waals surface area contributed by atoms with Crippen molar-refractivity contribution < 1.29 is 9.90 Å². The number of hydrogen-bond donors (Lipinski definition) is 2. The maximum Gasteiger partial charge on any atom is 0.283 e. The summed E-state index contributed by atoms with van der Waals surface area (Å²) in [4.78, 5) is 12.8. The van der Waals surface area contributed by atoms with Crippen molar-refractivity contribution in [1.29, 1.82) is 0 Å². The average molecular weight is 415 g/mol. The van der Waals surface area contributed by atoms with Crippen molar-refractivity contribution >= 4 is 67.5 Å². The second-order valence-corrected chi connectivity index (χ2v) is 7.67. The first-order valence-corrected chi connectivity index (χ1v) is 9.53. The number of thiophene rings is 1. The van der Waals surface area contributed by atoms with Crippen LogP contribution in [0, 0.1) is 0 Å². The highest BCUT2D eigenvalue weighted by atomic mass is 35.5. The van der Waals surface area contributed by atoms with Crippen LogP contribution in [0.15, 0.2) is 59.7 Å². The van der Waals surface area contributed by atoms with Gasteiger partial charge in [0.15, 0.2) is 0 Å². The maximum atomic E-state index is 12.5. The molecule has 27 heavy (non-hydrogen) atoms. The Kier molecular flexibility index (Phi) is 4.74. The summed E-state index contributed by atoms with van der Waals surface area (Å²) in [7, 11) is 0. The van der Waals surface area contributed by atoms with E-state index < -0.39 is 5.91 Å². The Morgan fingerprint density at radius 1 is 1.07 bits per heavy atom. The molecule has 4 aromatic rings. The summed E-state index contributed by atoms with van der Waals surface area (Å²) in [5.74, 6) is -0.338. The number of aromatic hydroxyl groups is 1. The Labute approximate surface area is 168 Å². The average Bonchev–Trinajstić information content (AvgIpc) is 2.99. The molecule has 2 N–H and O–H groups in total. The number of hydrazone groups is 1. The minimum atomic E-state index is -0.423. The monoisotopic (exact) mass is 414 g/mol. The van der Waals surface area contributed by atoms with Crippen molar-refractivity contribution in [3.63, 3.8) is 0 Å². The Bertz CT molecular complexity index is 1220. The quantitative estimate of drug-likeness (QED) is 0.327. The second kappa shape index (κ2) is 7.19. The zero-order valence-corrected chi connectivity index (χ0v) is 16.1. The molecule has 1 heterocycles. The van der Waals surface area contributed by atoms with Crippen LogP contribution in [-0.4, -0.2) is 17.2 Å². The molecule has 0 aliphatic carbocycles. The fourth-order valence-corrected chi connectivity index (χ4v) is 4.49. The minimum Gasteiger partial charge on any atom is -0.507 e. The zero-order chi connectivity index (χ0) is 19.0. The van der Waals surface area contributed by atoms with Gasteiger partial charge < -0.3 is 5.11 Å². The van der Waals surface area contributed by atoms with E-state index in [2.05, 4.69) is 10.5 Å². The lowest BCUT2D eigenvalue weighted by Crippen LogP contribution is -2.16. The summed E-state index contributed by atoms with van der Waals surface area (Å²) in [5, 5.41) is 17.6.